The summed E-state index contributed by atoms with van der Waals surface area (Å²) in [6.07, 6.45) is -0.335. The zero-order chi connectivity index (χ0) is 16.8. The zero-order valence-electron chi connectivity index (χ0n) is 12.9. The lowest BCUT2D eigenvalue weighted by Crippen LogP contribution is -2.48. The van der Waals surface area contributed by atoms with Gasteiger partial charge in [0.1, 0.15) is 0 Å². The maximum atomic E-state index is 12.3. The van der Waals surface area contributed by atoms with E-state index in [9.17, 15) is 14.4 Å². The number of carboxylic acid groups (broad SMARTS) is 1. The SMILES string of the molecule is COC(=O)C(Cc1ccccc1)(C(=O)OC)[C@@H](C)CC(=O)O. The summed E-state index contributed by atoms with van der Waals surface area (Å²) in [5, 5.41) is 9.02. The lowest BCUT2D eigenvalue weighted by molar-refractivity contribution is -0.174. The Morgan fingerprint density at radius 1 is 1.09 bits per heavy atom. The van der Waals surface area contributed by atoms with E-state index in [1.807, 2.05) is 6.07 Å². The normalized spacial score (nSPS) is 12.3. The zero-order valence-corrected chi connectivity index (χ0v) is 12.9. The molecule has 1 atom stereocenters. The Labute approximate surface area is 129 Å². The molecule has 0 radical (unpaired) electrons. The van der Waals surface area contributed by atoms with Crippen LogP contribution < -0.4 is 0 Å². The molecule has 1 rings (SSSR count). The average Bonchev–Trinajstić information content (AvgIpc) is 2.51. The summed E-state index contributed by atoms with van der Waals surface area (Å²) >= 11 is 0. The van der Waals surface area contributed by atoms with E-state index in [0.29, 0.717) is 0 Å². The number of methoxy groups -OCH3 is 2. The number of carbonyl (C=O) groups excluding carboxylic acids is 2. The van der Waals surface area contributed by atoms with Crippen molar-refractivity contribution in [1.82, 2.24) is 0 Å². The van der Waals surface area contributed by atoms with E-state index >= 15 is 0 Å². The van der Waals surface area contributed by atoms with Crippen molar-refractivity contribution >= 4 is 17.9 Å². The van der Waals surface area contributed by atoms with Gasteiger partial charge in [0.15, 0.2) is 5.41 Å². The highest BCUT2D eigenvalue weighted by Crippen LogP contribution is 2.37. The Morgan fingerprint density at radius 2 is 1.59 bits per heavy atom. The summed E-state index contributed by atoms with van der Waals surface area (Å²) < 4.78 is 9.56. The number of aliphatic carboxylic acids is 1. The van der Waals surface area contributed by atoms with Gasteiger partial charge >= 0.3 is 17.9 Å². The Hall–Kier alpha value is -2.37. The summed E-state index contributed by atoms with van der Waals surface area (Å²) in [7, 11) is 2.33. The van der Waals surface area contributed by atoms with Crippen LogP contribution in [-0.4, -0.2) is 37.2 Å². The Morgan fingerprint density at radius 3 is 2.00 bits per heavy atom. The minimum Gasteiger partial charge on any atom is -0.481 e. The van der Waals surface area contributed by atoms with E-state index in [1.165, 1.54) is 21.1 Å². The average molecular weight is 308 g/mol. The van der Waals surface area contributed by atoms with Gasteiger partial charge in [-0.3, -0.25) is 14.4 Å². The number of ether oxygens (including phenoxy) is 2. The molecule has 0 aliphatic rings. The molecule has 0 saturated carbocycles. The molecule has 120 valence electrons. The number of benzene rings is 1. The Balaban J connectivity index is 3.34. The van der Waals surface area contributed by atoms with Crippen LogP contribution in [0.4, 0.5) is 0 Å². The molecule has 6 heteroatoms. The predicted molar refractivity (Wildman–Crippen MR) is 78.0 cm³/mol. The first-order valence-electron chi connectivity index (χ1n) is 6.81. The smallest absolute Gasteiger partial charge is 0.323 e. The molecule has 0 unspecified atom stereocenters. The van der Waals surface area contributed by atoms with Gasteiger partial charge in [0.05, 0.1) is 14.2 Å². The van der Waals surface area contributed by atoms with Crippen LogP contribution in [0.5, 0.6) is 0 Å². The van der Waals surface area contributed by atoms with Crippen molar-refractivity contribution in [3.63, 3.8) is 0 Å². The highest BCUT2D eigenvalue weighted by atomic mass is 16.5. The molecule has 6 nitrogen and oxygen atoms in total. The van der Waals surface area contributed by atoms with Crippen molar-refractivity contribution in [2.45, 2.75) is 19.8 Å². The standard InChI is InChI=1S/C16H20O6/c1-11(9-13(17)18)16(14(19)21-2,15(20)22-3)10-12-7-5-4-6-8-12/h4-8,11H,9-10H2,1-3H3,(H,17,18)/t11-/m0/s1. The largest absolute Gasteiger partial charge is 0.481 e. The molecule has 0 bridgehead atoms. The van der Waals surface area contributed by atoms with Crippen LogP contribution in [-0.2, 0) is 30.3 Å². The fraction of sp³-hybridized carbons (Fsp3) is 0.438. The monoisotopic (exact) mass is 308 g/mol. The quantitative estimate of drug-likeness (QED) is 0.609. The van der Waals surface area contributed by atoms with Crippen molar-refractivity contribution in [3.8, 4) is 0 Å². The van der Waals surface area contributed by atoms with E-state index in [-0.39, 0.29) is 12.8 Å². The van der Waals surface area contributed by atoms with Crippen molar-refractivity contribution in [2.24, 2.45) is 11.3 Å². The molecule has 0 saturated heterocycles. The summed E-state index contributed by atoms with van der Waals surface area (Å²) in [5.41, 5.74) is -0.973. The van der Waals surface area contributed by atoms with Crippen molar-refractivity contribution in [1.29, 1.82) is 0 Å². The first-order chi connectivity index (χ1) is 10.4. The van der Waals surface area contributed by atoms with E-state index < -0.39 is 29.2 Å². The summed E-state index contributed by atoms with van der Waals surface area (Å²) in [6.45, 7) is 1.53. The molecule has 0 heterocycles. The van der Waals surface area contributed by atoms with Gasteiger partial charge in [-0.1, -0.05) is 37.3 Å². The highest BCUT2D eigenvalue weighted by molar-refractivity contribution is 6.01. The molecule has 0 aliphatic carbocycles. The predicted octanol–water partition coefficient (Wildman–Crippen LogP) is 1.67. The van der Waals surface area contributed by atoms with Crippen molar-refractivity contribution in [3.05, 3.63) is 35.9 Å². The van der Waals surface area contributed by atoms with E-state index in [1.54, 1.807) is 24.3 Å². The first kappa shape index (κ1) is 17.7. The summed E-state index contributed by atoms with van der Waals surface area (Å²) in [6, 6.07) is 8.87. The maximum absolute atomic E-state index is 12.3. The molecular formula is C16H20O6. The molecule has 1 aromatic rings. The fourth-order valence-electron chi connectivity index (χ4n) is 2.52. The lowest BCUT2D eigenvalue weighted by Gasteiger charge is -2.33. The Kier molecular flexibility index (Phi) is 6.10. The summed E-state index contributed by atoms with van der Waals surface area (Å²) in [4.78, 5) is 35.7. The van der Waals surface area contributed by atoms with Crippen LogP contribution in [0.3, 0.4) is 0 Å². The van der Waals surface area contributed by atoms with Gasteiger partial charge in [0.25, 0.3) is 0 Å². The topological polar surface area (TPSA) is 89.9 Å². The van der Waals surface area contributed by atoms with Gasteiger partial charge in [0, 0.05) is 6.42 Å². The third-order valence-corrected chi connectivity index (χ3v) is 3.75. The number of hydrogen-bond donors (Lipinski definition) is 1. The molecule has 0 aliphatic heterocycles. The van der Waals surface area contributed by atoms with Crippen LogP contribution >= 0.6 is 0 Å². The first-order valence-corrected chi connectivity index (χ1v) is 6.81. The second-order valence-corrected chi connectivity index (χ2v) is 5.12. The molecule has 0 fully saturated rings. The molecule has 1 aromatic carbocycles. The number of carboxylic acids is 1. The number of hydrogen-bond acceptors (Lipinski definition) is 5. The summed E-state index contributed by atoms with van der Waals surface area (Å²) in [5.74, 6) is -3.48. The van der Waals surface area contributed by atoms with Crippen LogP contribution in [0.1, 0.15) is 18.9 Å². The number of esters is 2. The van der Waals surface area contributed by atoms with Gasteiger partial charge in [-0.05, 0) is 17.9 Å². The Bertz CT molecular complexity index is 521. The minimum absolute atomic E-state index is 0.0155. The second kappa shape index (κ2) is 7.59. The number of rotatable bonds is 7. The van der Waals surface area contributed by atoms with Crippen LogP contribution in [0, 0.1) is 11.3 Å². The van der Waals surface area contributed by atoms with Gasteiger partial charge in [-0.25, -0.2) is 0 Å². The molecule has 0 amide bonds. The van der Waals surface area contributed by atoms with Crippen LogP contribution in [0.25, 0.3) is 0 Å². The molecule has 22 heavy (non-hydrogen) atoms. The molecule has 0 aromatic heterocycles. The fourth-order valence-corrected chi connectivity index (χ4v) is 2.52. The number of carbonyl (C=O) groups is 3. The third-order valence-electron chi connectivity index (χ3n) is 3.75. The molecule has 1 N–H and O–H groups in total. The van der Waals surface area contributed by atoms with Crippen molar-refractivity contribution in [2.75, 3.05) is 14.2 Å². The van der Waals surface area contributed by atoms with E-state index in [0.717, 1.165) is 5.56 Å². The van der Waals surface area contributed by atoms with Gasteiger partial charge in [-0.15, -0.1) is 0 Å². The maximum Gasteiger partial charge on any atom is 0.323 e. The highest BCUT2D eigenvalue weighted by Gasteiger charge is 2.53. The van der Waals surface area contributed by atoms with Crippen LogP contribution in [0.2, 0.25) is 0 Å². The second-order valence-electron chi connectivity index (χ2n) is 5.12. The third kappa shape index (κ3) is 3.63. The minimum atomic E-state index is -1.69. The lowest BCUT2D eigenvalue weighted by atomic mass is 9.70. The van der Waals surface area contributed by atoms with Gasteiger partial charge in [0.2, 0.25) is 0 Å². The van der Waals surface area contributed by atoms with Crippen molar-refractivity contribution < 1.29 is 29.0 Å². The van der Waals surface area contributed by atoms with E-state index in [2.05, 4.69) is 0 Å². The molecule has 0 spiro atoms. The van der Waals surface area contributed by atoms with Gasteiger partial charge in [-0.2, -0.15) is 0 Å². The molecular weight excluding hydrogens is 288 g/mol. The van der Waals surface area contributed by atoms with Crippen LogP contribution in [0.15, 0.2) is 30.3 Å². The van der Waals surface area contributed by atoms with E-state index in [4.69, 9.17) is 14.6 Å². The van der Waals surface area contributed by atoms with Gasteiger partial charge < -0.3 is 14.6 Å².